The van der Waals surface area contributed by atoms with Crippen molar-refractivity contribution in [1.82, 2.24) is 19.7 Å². The maximum atomic E-state index is 4.81. The van der Waals surface area contributed by atoms with Gasteiger partial charge in [-0.2, -0.15) is 0 Å². The van der Waals surface area contributed by atoms with E-state index in [-0.39, 0.29) is 0 Å². The topological polar surface area (TPSA) is 43.6 Å². The van der Waals surface area contributed by atoms with Gasteiger partial charge in [0.15, 0.2) is 11.0 Å². The summed E-state index contributed by atoms with van der Waals surface area (Å²) in [5.41, 5.74) is 3.46. The van der Waals surface area contributed by atoms with Crippen LogP contribution in [-0.4, -0.2) is 19.7 Å². The highest BCUT2D eigenvalue weighted by molar-refractivity contribution is 7.98. The number of hydrogen-bond donors (Lipinski definition) is 0. The third-order valence-corrected chi connectivity index (χ3v) is 7.37. The summed E-state index contributed by atoms with van der Waals surface area (Å²) in [5, 5.41) is 15.2. The molecule has 0 fully saturated rings. The van der Waals surface area contributed by atoms with Crippen LogP contribution in [0.15, 0.2) is 88.7 Å². The number of benzene rings is 2. The lowest BCUT2D eigenvalue weighted by molar-refractivity contribution is 0.715. The Kier molecular flexibility index (Phi) is 5.74. The molecule has 0 bridgehead atoms. The molecule has 0 atom stereocenters. The SMILES string of the molecule is c1ccc(Cn2c(SCc3csc(-c4ccccc4)n3)nnc2-c2cccs2)cc1. The van der Waals surface area contributed by atoms with E-state index in [0.29, 0.717) is 0 Å². The molecule has 2 aromatic carbocycles. The van der Waals surface area contributed by atoms with Crippen molar-refractivity contribution in [2.75, 3.05) is 0 Å². The maximum absolute atomic E-state index is 4.81. The zero-order chi connectivity index (χ0) is 20.2. The average Bonchev–Trinajstić information content (AvgIpc) is 3.55. The summed E-state index contributed by atoms with van der Waals surface area (Å²) in [5.74, 6) is 1.68. The predicted octanol–water partition coefficient (Wildman–Crippen LogP) is 6.47. The van der Waals surface area contributed by atoms with Gasteiger partial charge in [0.2, 0.25) is 0 Å². The summed E-state index contributed by atoms with van der Waals surface area (Å²) in [4.78, 5) is 5.94. The van der Waals surface area contributed by atoms with Crippen LogP contribution in [-0.2, 0) is 12.3 Å². The number of hydrogen-bond acceptors (Lipinski definition) is 6. The van der Waals surface area contributed by atoms with Crippen molar-refractivity contribution in [3.63, 3.8) is 0 Å². The molecule has 30 heavy (non-hydrogen) atoms. The summed E-state index contributed by atoms with van der Waals surface area (Å²) in [6.07, 6.45) is 0. The largest absolute Gasteiger partial charge is 0.297 e. The minimum Gasteiger partial charge on any atom is -0.297 e. The normalized spacial score (nSPS) is 11.1. The number of thiazole rings is 1. The Labute approximate surface area is 187 Å². The van der Waals surface area contributed by atoms with E-state index in [1.54, 1.807) is 34.4 Å². The molecule has 0 radical (unpaired) electrons. The van der Waals surface area contributed by atoms with Crippen LogP contribution in [0, 0.1) is 0 Å². The second-order valence-electron chi connectivity index (χ2n) is 6.65. The number of rotatable bonds is 7. The molecule has 3 heterocycles. The second kappa shape index (κ2) is 8.95. The molecule has 0 unspecified atom stereocenters. The molecule has 0 aliphatic carbocycles. The predicted molar refractivity (Wildman–Crippen MR) is 126 cm³/mol. The molecule has 148 valence electrons. The summed E-state index contributed by atoms with van der Waals surface area (Å²) < 4.78 is 2.20. The average molecular weight is 447 g/mol. The minimum atomic E-state index is 0.746. The lowest BCUT2D eigenvalue weighted by Crippen LogP contribution is -2.03. The van der Waals surface area contributed by atoms with Gasteiger partial charge in [0.05, 0.1) is 17.1 Å². The second-order valence-corrected chi connectivity index (χ2v) is 9.40. The minimum absolute atomic E-state index is 0.746. The van der Waals surface area contributed by atoms with E-state index < -0.39 is 0 Å². The van der Waals surface area contributed by atoms with Crippen LogP contribution in [0.2, 0.25) is 0 Å². The van der Waals surface area contributed by atoms with E-state index in [4.69, 9.17) is 4.98 Å². The van der Waals surface area contributed by atoms with E-state index in [0.717, 1.165) is 44.4 Å². The Bertz CT molecular complexity index is 1210. The van der Waals surface area contributed by atoms with Crippen LogP contribution in [0.5, 0.6) is 0 Å². The molecule has 0 saturated heterocycles. The third kappa shape index (κ3) is 4.23. The van der Waals surface area contributed by atoms with Crippen LogP contribution in [0.4, 0.5) is 0 Å². The molecule has 3 aromatic heterocycles. The van der Waals surface area contributed by atoms with Crippen LogP contribution in [0.3, 0.4) is 0 Å². The lowest BCUT2D eigenvalue weighted by Gasteiger charge is -2.09. The first kappa shape index (κ1) is 19.2. The molecule has 0 saturated carbocycles. The molecule has 0 aliphatic heterocycles. The molecule has 7 heteroatoms. The van der Waals surface area contributed by atoms with Gasteiger partial charge in [0.1, 0.15) is 5.01 Å². The lowest BCUT2D eigenvalue weighted by atomic mass is 10.2. The Morgan fingerprint density at radius 3 is 2.40 bits per heavy atom. The fourth-order valence-corrected chi connectivity index (χ4v) is 5.60. The zero-order valence-electron chi connectivity index (χ0n) is 16.0. The Morgan fingerprint density at radius 2 is 1.63 bits per heavy atom. The highest BCUT2D eigenvalue weighted by Gasteiger charge is 2.16. The first-order valence-corrected chi connectivity index (χ1v) is 12.2. The van der Waals surface area contributed by atoms with Crippen molar-refractivity contribution >= 4 is 34.4 Å². The highest BCUT2D eigenvalue weighted by atomic mass is 32.2. The van der Waals surface area contributed by atoms with Crippen LogP contribution in [0.25, 0.3) is 21.3 Å². The molecular weight excluding hydrogens is 428 g/mol. The van der Waals surface area contributed by atoms with Crippen LogP contribution >= 0.6 is 34.4 Å². The van der Waals surface area contributed by atoms with Crippen molar-refractivity contribution in [2.45, 2.75) is 17.5 Å². The van der Waals surface area contributed by atoms with Crippen LogP contribution in [0.1, 0.15) is 11.3 Å². The van der Waals surface area contributed by atoms with Gasteiger partial charge in [-0.25, -0.2) is 4.98 Å². The summed E-state index contributed by atoms with van der Waals surface area (Å²) in [7, 11) is 0. The maximum Gasteiger partial charge on any atom is 0.192 e. The first-order valence-electron chi connectivity index (χ1n) is 9.50. The van der Waals surface area contributed by atoms with Crippen molar-refractivity contribution < 1.29 is 0 Å². The van der Waals surface area contributed by atoms with Gasteiger partial charge >= 0.3 is 0 Å². The van der Waals surface area contributed by atoms with Gasteiger partial charge in [0.25, 0.3) is 0 Å². The van der Waals surface area contributed by atoms with E-state index in [1.165, 1.54) is 5.56 Å². The van der Waals surface area contributed by atoms with E-state index in [1.807, 2.05) is 24.3 Å². The molecular formula is C23H18N4S3. The zero-order valence-corrected chi connectivity index (χ0v) is 18.5. The van der Waals surface area contributed by atoms with Gasteiger partial charge < -0.3 is 0 Å². The van der Waals surface area contributed by atoms with Crippen molar-refractivity contribution in [3.05, 3.63) is 94.8 Å². The molecule has 4 nitrogen and oxygen atoms in total. The highest BCUT2D eigenvalue weighted by Crippen LogP contribution is 2.31. The molecule has 5 aromatic rings. The monoisotopic (exact) mass is 446 g/mol. The van der Waals surface area contributed by atoms with Gasteiger partial charge in [-0.15, -0.1) is 32.9 Å². The summed E-state index contributed by atoms with van der Waals surface area (Å²) >= 11 is 5.05. The number of thiophene rings is 1. The summed E-state index contributed by atoms with van der Waals surface area (Å²) in [6, 6.07) is 24.9. The number of thioether (sulfide) groups is 1. The third-order valence-electron chi connectivity index (χ3n) is 4.56. The van der Waals surface area contributed by atoms with Gasteiger partial charge in [0, 0.05) is 16.7 Å². The fourth-order valence-electron chi connectivity index (χ4n) is 3.12. The molecule has 0 spiro atoms. The number of aromatic nitrogens is 4. The molecule has 0 aliphatic rings. The standard InChI is InChI=1S/C23H18N4S3/c1-3-8-17(9-4-1)14-27-21(20-12-7-13-28-20)25-26-23(27)30-16-19-15-29-22(24-19)18-10-5-2-6-11-18/h1-13,15H,14,16H2. The van der Waals surface area contributed by atoms with Crippen molar-refractivity contribution in [2.24, 2.45) is 0 Å². The molecule has 0 N–H and O–H groups in total. The first-order chi connectivity index (χ1) is 14.9. The molecule has 0 amide bonds. The Morgan fingerprint density at radius 1 is 0.833 bits per heavy atom. The quantitative estimate of drug-likeness (QED) is 0.269. The molecule has 5 rings (SSSR count). The smallest absolute Gasteiger partial charge is 0.192 e. The van der Waals surface area contributed by atoms with E-state index >= 15 is 0 Å². The van der Waals surface area contributed by atoms with Gasteiger partial charge in [-0.1, -0.05) is 78.5 Å². The van der Waals surface area contributed by atoms with Crippen LogP contribution < -0.4 is 0 Å². The fraction of sp³-hybridized carbons (Fsp3) is 0.0870. The Hall–Kier alpha value is -2.74. The Balaban J connectivity index is 1.39. The van der Waals surface area contributed by atoms with Gasteiger partial charge in [-0.3, -0.25) is 4.57 Å². The summed E-state index contributed by atoms with van der Waals surface area (Å²) in [6.45, 7) is 0.746. The van der Waals surface area contributed by atoms with E-state index in [2.05, 4.69) is 74.1 Å². The van der Waals surface area contributed by atoms with Crippen molar-refractivity contribution in [3.8, 4) is 21.3 Å². The van der Waals surface area contributed by atoms with Crippen molar-refractivity contribution in [1.29, 1.82) is 0 Å². The number of nitrogens with zero attached hydrogens (tertiary/aromatic N) is 4. The van der Waals surface area contributed by atoms with E-state index in [9.17, 15) is 0 Å². The van der Waals surface area contributed by atoms with Gasteiger partial charge in [-0.05, 0) is 17.0 Å².